The van der Waals surface area contributed by atoms with Gasteiger partial charge in [0.1, 0.15) is 0 Å². The van der Waals surface area contributed by atoms with Crippen molar-refractivity contribution in [2.45, 2.75) is 0 Å². The number of rotatable bonds is 1. The van der Waals surface area contributed by atoms with Gasteiger partial charge in [-0.05, 0) is 23.7 Å². The van der Waals surface area contributed by atoms with Crippen molar-refractivity contribution in [2.75, 3.05) is 12.3 Å². The van der Waals surface area contributed by atoms with Crippen LogP contribution in [0.4, 0.5) is 5.69 Å². The molecule has 0 spiro atoms. The first-order valence-electron chi connectivity index (χ1n) is 3.79. The van der Waals surface area contributed by atoms with E-state index in [0.29, 0.717) is 10.7 Å². The van der Waals surface area contributed by atoms with Crippen molar-refractivity contribution >= 4 is 17.3 Å². The smallest absolute Gasteiger partial charge is 0.0880 e. The SMILES string of the molecule is [N-]=[N+]=NCC#Cc1ccc(Cl)c(N)c1. The second-order valence-electron chi connectivity index (χ2n) is 2.43. The summed E-state index contributed by atoms with van der Waals surface area (Å²) >= 11 is 5.72. The number of azide groups is 1. The van der Waals surface area contributed by atoms with Crippen molar-refractivity contribution in [3.63, 3.8) is 0 Å². The molecule has 0 aliphatic heterocycles. The standard InChI is InChI=1S/C9H7ClN4/c10-8-4-3-7(6-9(8)11)2-1-5-13-14-12/h3-4,6H,5,11H2. The van der Waals surface area contributed by atoms with Crippen LogP contribution in [-0.4, -0.2) is 6.54 Å². The van der Waals surface area contributed by atoms with Gasteiger partial charge in [0.2, 0.25) is 0 Å². The highest BCUT2D eigenvalue weighted by atomic mass is 35.5. The molecule has 0 saturated carbocycles. The first-order valence-corrected chi connectivity index (χ1v) is 4.16. The molecule has 0 unspecified atom stereocenters. The fourth-order valence-corrected chi connectivity index (χ4v) is 0.948. The zero-order chi connectivity index (χ0) is 10.4. The van der Waals surface area contributed by atoms with Crippen molar-refractivity contribution in [1.82, 2.24) is 0 Å². The molecule has 14 heavy (non-hydrogen) atoms. The number of nitrogens with zero attached hydrogens (tertiary/aromatic N) is 3. The lowest BCUT2D eigenvalue weighted by molar-refractivity contribution is 1.25. The molecule has 4 nitrogen and oxygen atoms in total. The van der Waals surface area contributed by atoms with Crippen molar-refractivity contribution in [3.05, 3.63) is 39.2 Å². The van der Waals surface area contributed by atoms with Crippen LogP contribution in [0.2, 0.25) is 5.02 Å². The molecular formula is C9H7ClN4. The predicted octanol–water partition coefficient (Wildman–Crippen LogP) is 2.58. The van der Waals surface area contributed by atoms with Crippen molar-refractivity contribution in [3.8, 4) is 11.8 Å². The lowest BCUT2D eigenvalue weighted by Crippen LogP contribution is -1.86. The number of nitrogens with two attached hydrogens (primary N) is 1. The van der Waals surface area contributed by atoms with Crippen molar-refractivity contribution in [2.24, 2.45) is 5.11 Å². The molecule has 0 radical (unpaired) electrons. The summed E-state index contributed by atoms with van der Waals surface area (Å²) < 4.78 is 0. The predicted molar refractivity (Wildman–Crippen MR) is 56.8 cm³/mol. The zero-order valence-corrected chi connectivity index (χ0v) is 7.99. The Balaban J connectivity index is 2.80. The summed E-state index contributed by atoms with van der Waals surface area (Å²) in [7, 11) is 0. The first kappa shape index (κ1) is 10.3. The Bertz CT molecular complexity index is 438. The monoisotopic (exact) mass is 206 g/mol. The summed E-state index contributed by atoms with van der Waals surface area (Å²) in [5.41, 5.74) is 14.8. The van der Waals surface area contributed by atoms with Gasteiger partial charge in [0.05, 0.1) is 17.3 Å². The zero-order valence-electron chi connectivity index (χ0n) is 7.24. The molecule has 0 saturated heterocycles. The summed E-state index contributed by atoms with van der Waals surface area (Å²) in [5.74, 6) is 5.47. The average Bonchev–Trinajstić information content (AvgIpc) is 2.18. The molecule has 1 aromatic carbocycles. The molecule has 0 bridgehead atoms. The Hall–Kier alpha value is -1.82. The fourth-order valence-electron chi connectivity index (χ4n) is 0.830. The van der Waals surface area contributed by atoms with E-state index in [2.05, 4.69) is 21.9 Å². The van der Waals surface area contributed by atoms with Crippen LogP contribution in [0.1, 0.15) is 5.56 Å². The number of nitrogen functional groups attached to an aromatic ring is 1. The van der Waals surface area contributed by atoms with E-state index >= 15 is 0 Å². The van der Waals surface area contributed by atoms with E-state index in [9.17, 15) is 0 Å². The topological polar surface area (TPSA) is 74.8 Å². The highest BCUT2D eigenvalue weighted by Gasteiger charge is 1.94. The van der Waals surface area contributed by atoms with E-state index in [4.69, 9.17) is 22.9 Å². The summed E-state index contributed by atoms with van der Waals surface area (Å²) in [6, 6.07) is 5.10. The summed E-state index contributed by atoms with van der Waals surface area (Å²) in [4.78, 5) is 2.58. The Morgan fingerprint density at radius 1 is 1.57 bits per heavy atom. The Morgan fingerprint density at radius 2 is 2.36 bits per heavy atom. The second kappa shape index (κ2) is 5.03. The molecule has 2 N–H and O–H groups in total. The van der Waals surface area contributed by atoms with Crippen LogP contribution in [0.3, 0.4) is 0 Å². The molecule has 1 aromatic rings. The van der Waals surface area contributed by atoms with E-state index in [-0.39, 0.29) is 6.54 Å². The van der Waals surface area contributed by atoms with Gasteiger partial charge >= 0.3 is 0 Å². The minimum atomic E-state index is 0.152. The van der Waals surface area contributed by atoms with Crippen LogP contribution in [0, 0.1) is 11.8 Å². The largest absolute Gasteiger partial charge is 0.397 e. The number of halogens is 1. The van der Waals surface area contributed by atoms with Gasteiger partial charge in [0.15, 0.2) is 0 Å². The van der Waals surface area contributed by atoms with Gasteiger partial charge in [0, 0.05) is 10.5 Å². The average molecular weight is 207 g/mol. The maximum atomic E-state index is 8.00. The summed E-state index contributed by atoms with van der Waals surface area (Å²) in [6.07, 6.45) is 0. The van der Waals surface area contributed by atoms with Crippen LogP contribution < -0.4 is 5.73 Å². The molecule has 0 atom stereocenters. The van der Waals surface area contributed by atoms with Crippen molar-refractivity contribution in [1.29, 1.82) is 0 Å². The highest BCUT2D eigenvalue weighted by Crippen LogP contribution is 2.18. The number of anilines is 1. The Labute approximate surface area is 86.3 Å². The molecule has 0 heterocycles. The lowest BCUT2D eigenvalue weighted by atomic mass is 10.2. The van der Waals surface area contributed by atoms with Gasteiger partial charge in [-0.1, -0.05) is 28.6 Å². The van der Waals surface area contributed by atoms with Gasteiger partial charge in [-0.2, -0.15) is 0 Å². The normalized spacial score (nSPS) is 8.36. The van der Waals surface area contributed by atoms with Gasteiger partial charge in [-0.25, -0.2) is 0 Å². The van der Waals surface area contributed by atoms with Crippen molar-refractivity contribution < 1.29 is 0 Å². The van der Waals surface area contributed by atoms with E-state index in [1.165, 1.54) is 0 Å². The number of hydrogen-bond donors (Lipinski definition) is 1. The molecule has 0 amide bonds. The summed E-state index contributed by atoms with van der Waals surface area (Å²) in [6.45, 7) is 0.152. The Kier molecular flexibility index (Phi) is 3.69. The van der Waals surface area contributed by atoms with Gasteiger partial charge in [0.25, 0.3) is 0 Å². The minimum Gasteiger partial charge on any atom is -0.397 e. The molecule has 70 valence electrons. The van der Waals surface area contributed by atoms with Gasteiger partial charge in [-0.15, -0.1) is 0 Å². The third kappa shape index (κ3) is 2.91. The molecular weight excluding hydrogens is 200 g/mol. The molecule has 0 aliphatic carbocycles. The maximum Gasteiger partial charge on any atom is 0.0880 e. The molecule has 5 heteroatoms. The molecule has 0 aliphatic rings. The molecule has 0 fully saturated rings. The first-order chi connectivity index (χ1) is 6.74. The number of hydrogen-bond acceptors (Lipinski definition) is 2. The summed E-state index contributed by atoms with van der Waals surface area (Å²) in [5, 5.41) is 3.78. The van der Waals surface area contributed by atoms with E-state index < -0.39 is 0 Å². The van der Waals surface area contributed by atoms with Crippen LogP contribution in [0.5, 0.6) is 0 Å². The third-order valence-corrected chi connectivity index (χ3v) is 1.79. The fraction of sp³-hybridized carbons (Fsp3) is 0.111. The highest BCUT2D eigenvalue weighted by molar-refractivity contribution is 6.33. The Morgan fingerprint density at radius 3 is 3.00 bits per heavy atom. The lowest BCUT2D eigenvalue weighted by Gasteiger charge is -1.96. The third-order valence-electron chi connectivity index (χ3n) is 1.44. The van der Waals surface area contributed by atoms with Crippen LogP contribution in [-0.2, 0) is 0 Å². The van der Waals surface area contributed by atoms with E-state index in [0.717, 1.165) is 5.56 Å². The van der Waals surface area contributed by atoms with Gasteiger partial charge < -0.3 is 5.73 Å². The number of benzene rings is 1. The second-order valence-corrected chi connectivity index (χ2v) is 2.83. The van der Waals surface area contributed by atoms with Gasteiger partial charge in [-0.3, -0.25) is 0 Å². The van der Waals surface area contributed by atoms with Crippen LogP contribution in [0.15, 0.2) is 23.3 Å². The molecule has 0 aromatic heterocycles. The maximum absolute atomic E-state index is 8.00. The van der Waals surface area contributed by atoms with Crippen LogP contribution >= 0.6 is 11.6 Å². The quantitative estimate of drug-likeness (QED) is 0.248. The van der Waals surface area contributed by atoms with Crippen LogP contribution in [0.25, 0.3) is 10.4 Å². The van der Waals surface area contributed by atoms with E-state index in [1.54, 1.807) is 18.2 Å². The molecule has 1 rings (SSSR count). The van der Waals surface area contributed by atoms with E-state index in [1.807, 2.05) is 0 Å². The minimum absolute atomic E-state index is 0.152.